The molecule has 0 fully saturated rings. The van der Waals surface area contributed by atoms with Crippen LogP contribution in [0.2, 0.25) is 5.02 Å². The molecular weight excluding hydrogens is 443 g/mol. The summed E-state index contributed by atoms with van der Waals surface area (Å²) in [6, 6.07) is 14.2. The summed E-state index contributed by atoms with van der Waals surface area (Å²) < 4.78 is 42.8. The number of nitrogens with one attached hydrogen (secondary N) is 1. The number of carbonyl (C=O) groups is 1. The molecular formula is C23H23ClF3N3O2. The molecule has 3 rings (SSSR count). The summed E-state index contributed by atoms with van der Waals surface area (Å²) in [6.45, 7) is 2.69. The van der Waals surface area contributed by atoms with Crippen molar-refractivity contribution in [2.24, 2.45) is 0 Å². The molecule has 32 heavy (non-hydrogen) atoms. The van der Waals surface area contributed by atoms with E-state index in [1.807, 2.05) is 26.0 Å². The largest absolute Gasteiger partial charge is 0.411 e. The lowest BCUT2D eigenvalue weighted by Gasteiger charge is -2.09. The standard InChI is InChI=1S/C23H23ClF3N3O2/c1-15-21(16(2)30(29-15)20-9-7-19(24)8-10-20)11-22(31)28-12-17-3-5-18(6-4-17)13-32-14-23(25,26)27/h3-10H,11-14H2,1-2H3,(H,28,31). The smallest absolute Gasteiger partial charge is 0.367 e. The van der Waals surface area contributed by atoms with Crippen molar-refractivity contribution in [3.05, 3.63) is 81.6 Å². The number of alkyl halides is 3. The van der Waals surface area contributed by atoms with Crippen molar-refractivity contribution in [3.8, 4) is 5.69 Å². The predicted molar refractivity (Wildman–Crippen MR) is 116 cm³/mol. The third-order valence-corrected chi connectivity index (χ3v) is 5.15. The van der Waals surface area contributed by atoms with Crippen molar-refractivity contribution in [2.75, 3.05) is 6.61 Å². The molecule has 0 aliphatic heterocycles. The van der Waals surface area contributed by atoms with Gasteiger partial charge in [-0.15, -0.1) is 0 Å². The molecule has 1 aromatic heterocycles. The normalized spacial score (nSPS) is 11.6. The fourth-order valence-corrected chi connectivity index (χ4v) is 3.35. The molecule has 170 valence electrons. The lowest BCUT2D eigenvalue weighted by atomic mass is 10.1. The first-order valence-electron chi connectivity index (χ1n) is 9.92. The quantitative estimate of drug-likeness (QED) is 0.504. The molecule has 1 amide bonds. The molecule has 0 saturated carbocycles. The number of aromatic nitrogens is 2. The van der Waals surface area contributed by atoms with Gasteiger partial charge >= 0.3 is 6.18 Å². The average Bonchev–Trinajstić information content (AvgIpc) is 3.01. The molecule has 0 spiro atoms. The number of hydrogen-bond donors (Lipinski definition) is 1. The monoisotopic (exact) mass is 465 g/mol. The van der Waals surface area contributed by atoms with E-state index in [4.69, 9.17) is 11.6 Å². The average molecular weight is 466 g/mol. The second-order valence-electron chi connectivity index (χ2n) is 7.42. The number of halogens is 4. The molecule has 0 aliphatic rings. The van der Waals surface area contributed by atoms with Crippen LogP contribution in [-0.4, -0.2) is 28.5 Å². The highest BCUT2D eigenvalue weighted by molar-refractivity contribution is 6.30. The van der Waals surface area contributed by atoms with Crippen LogP contribution in [-0.2, 0) is 29.1 Å². The van der Waals surface area contributed by atoms with E-state index in [-0.39, 0.29) is 18.9 Å². The number of rotatable bonds is 8. The topological polar surface area (TPSA) is 56.2 Å². The lowest BCUT2D eigenvalue weighted by Crippen LogP contribution is -2.25. The maximum absolute atomic E-state index is 12.5. The van der Waals surface area contributed by atoms with E-state index in [1.54, 1.807) is 41.1 Å². The first-order valence-corrected chi connectivity index (χ1v) is 10.3. The van der Waals surface area contributed by atoms with E-state index in [0.29, 0.717) is 17.1 Å². The second-order valence-corrected chi connectivity index (χ2v) is 7.85. The van der Waals surface area contributed by atoms with E-state index >= 15 is 0 Å². The van der Waals surface area contributed by atoms with Crippen LogP contribution in [0.3, 0.4) is 0 Å². The molecule has 9 heteroatoms. The third-order valence-electron chi connectivity index (χ3n) is 4.90. The molecule has 0 bridgehead atoms. The number of ether oxygens (including phenoxy) is 1. The Hall–Kier alpha value is -2.84. The maximum Gasteiger partial charge on any atom is 0.411 e. The van der Waals surface area contributed by atoms with E-state index in [1.165, 1.54) is 0 Å². The highest BCUT2D eigenvalue weighted by atomic mass is 35.5. The Morgan fingerprint density at radius 2 is 1.69 bits per heavy atom. The van der Waals surface area contributed by atoms with Crippen molar-refractivity contribution in [2.45, 2.75) is 39.6 Å². The highest BCUT2D eigenvalue weighted by Gasteiger charge is 2.27. The SMILES string of the molecule is Cc1nn(-c2ccc(Cl)cc2)c(C)c1CC(=O)NCc1ccc(COCC(F)(F)F)cc1. The summed E-state index contributed by atoms with van der Waals surface area (Å²) in [4.78, 5) is 12.5. The van der Waals surface area contributed by atoms with Gasteiger partial charge in [0.1, 0.15) is 6.61 Å². The Morgan fingerprint density at radius 1 is 1.06 bits per heavy atom. The zero-order valence-electron chi connectivity index (χ0n) is 17.7. The van der Waals surface area contributed by atoms with Crippen LogP contribution in [0.5, 0.6) is 0 Å². The third kappa shape index (κ3) is 6.58. The van der Waals surface area contributed by atoms with E-state index in [2.05, 4.69) is 15.2 Å². The van der Waals surface area contributed by atoms with Gasteiger partial charge in [0.2, 0.25) is 5.91 Å². The predicted octanol–water partition coefficient (Wildman–Crippen LogP) is 5.08. The number of aryl methyl sites for hydroxylation is 1. The molecule has 0 radical (unpaired) electrons. The van der Waals surface area contributed by atoms with E-state index in [9.17, 15) is 18.0 Å². The Bertz CT molecular complexity index is 1060. The minimum Gasteiger partial charge on any atom is -0.367 e. The summed E-state index contributed by atoms with van der Waals surface area (Å²) in [5.41, 5.74) is 4.84. The van der Waals surface area contributed by atoms with E-state index in [0.717, 1.165) is 28.2 Å². The molecule has 1 N–H and O–H groups in total. The molecule has 0 saturated heterocycles. The van der Waals surface area contributed by atoms with Gasteiger partial charge in [-0.05, 0) is 49.2 Å². The van der Waals surface area contributed by atoms with Gasteiger partial charge in [0.15, 0.2) is 0 Å². The van der Waals surface area contributed by atoms with Crippen LogP contribution >= 0.6 is 11.6 Å². The molecule has 5 nitrogen and oxygen atoms in total. The van der Waals surface area contributed by atoms with Gasteiger partial charge in [-0.25, -0.2) is 4.68 Å². The fourth-order valence-electron chi connectivity index (χ4n) is 3.23. The Morgan fingerprint density at radius 3 is 2.31 bits per heavy atom. The summed E-state index contributed by atoms with van der Waals surface area (Å²) in [7, 11) is 0. The van der Waals surface area contributed by atoms with Crippen molar-refractivity contribution >= 4 is 17.5 Å². The molecule has 1 heterocycles. The molecule has 3 aromatic rings. The van der Waals surface area contributed by atoms with Gasteiger partial charge < -0.3 is 10.1 Å². The zero-order valence-corrected chi connectivity index (χ0v) is 18.4. The van der Waals surface area contributed by atoms with Gasteiger partial charge in [-0.3, -0.25) is 4.79 Å². The van der Waals surface area contributed by atoms with Crippen molar-refractivity contribution in [1.82, 2.24) is 15.1 Å². The van der Waals surface area contributed by atoms with Crippen LogP contribution in [0.25, 0.3) is 5.69 Å². The van der Waals surface area contributed by atoms with Crippen molar-refractivity contribution in [1.29, 1.82) is 0 Å². The number of nitrogens with zero attached hydrogens (tertiary/aromatic N) is 2. The van der Waals surface area contributed by atoms with Crippen LogP contribution in [0.15, 0.2) is 48.5 Å². The molecule has 0 atom stereocenters. The van der Waals surface area contributed by atoms with Crippen molar-refractivity contribution in [3.63, 3.8) is 0 Å². The number of carbonyl (C=O) groups excluding carboxylic acids is 1. The zero-order chi connectivity index (χ0) is 23.3. The number of amides is 1. The first-order chi connectivity index (χ1) is 15.1. The first kappa shape index (κ1) is 23.8. The molecule has 0 unspecified atom stereocenters. The van der Waals surface area contributed by atoms with Crippen molar-refractivity contribution < 1.29 is 22.7 Å². The minimum atomic E-state index is -4.34. The Balaban J connectivity index is 1.54. The lowest BCUT2D eigenvalue weighted by molar-refractivity contribution is -0.176. The van der Waals surface area contributed by atoms with E-state index < -0.39 is 12.8 Å². The molecule has 2 aromatic carbocycles. The summed E-state index contributed by atoms with van der Waals surface area (Å²) in [5.74, 6) is -0.149. The fraction of sp³-hybridized carbons (Fsp3) is 0.304. The van der Waals surface area contributed by atoms with Crippen LogP contribution in [0, 0.1) is 13.8 Å². The summed E-state index contributed by atoms with van der Waals surface area (Å²) >= 11 is 5.95. The van der Waals surface area contributed by atoms with Gasteiger partial charge in [0.05, 0.1) is 24.4 Å². The Labute approximate surface area is 189 Å². The second kappa shape index (κ2) is 10.2. The minimum absolute atomic E-state index is 0.123. The van der Waals surface area contributed by atoms with Crippen LogP contribution in [0.1, 0.15) is 28.1 Å². The van der Waals surface area contributed by atoms with Gasteiger partial charge in [0.25, 0.3) is 0 Å². The summed E-state index contributed by atoms with van der Waals surface area (Å²) in [6.07, 6.45) is -4.15. The van der Waals surface area contributed by atoms with Crippen LogP contribution in [0.4, 0.5) is 13.2 Å². The summed E-state index contributed by atoms with van der Waals surface area (Å²) in [5, 5.41) is 8.05. The maximum atomic E-state index is 12.5. The van der Waals surface area contributed by atoms with Gasteiger partial charge in [-0.2, -0.15) is 18.3 Å². The van der Waals surface area contributed by atoms with Gasteiger partial charge in [0, 0.05) is 22.8 Å². The number of hydrogen-bond acceptors (Lipinski definition) is 3. The molecule has 0 aliphatic carbocycles. The Kier molecular flexibility index (Phi) is 7.58. The van der Waals surface area contributed by atoms with Crippen LogP contribution < -0.4 is 5.32 Å². The highest BCUT2D eigenvalue weighted by Crippen LogP contribution is 2.20. The van der Waals surface area contributed by atoms with Gasteiger partial charge in [-0.1, -0.05) is 35.9 Å². The number of benzene rings is 2.